The predicted molar refractivity (Wildman–Crippen MR) is 62.7 cm³/mol. The molecule has 0 rings (SSSR count). The van der Waals surface area contributed by atoms with Gasteiger partial charge in [-0.1, -0.05) is 0 Å². The molecule has 0 unspecified atom stereocenters. The summed E-state index contributed by atoms with van der Waals surface area (Å²) in [5, 5.41) is 0. The lowest BCUT2D eigenvalue weighted by Crippen LogP contribution is -2.70. The average molecular weight is 464 g/mol. The van der Waals surface area contributed by atoms with Gasteiger partial charge in [0.15, 0.2) is 0 Å². The topological polar surface area (TPSA) is 52.6 Å². The van der Waals surface area contributed by atoms with E-state index >= 15 is 0 Å². The van der Waals surface area contributed by atoms with Crippen molar-refractivity contribution in [2.75, 3.05) is 6.61 Å². The first-order valence-corrected chi connectivity index (χ1v) is 6.93. The van der Waals surface area contributed by atoms with Gasteiger partial charge in [0.1, 0.15) is 0 Å². The Hall–Kier alpha value is -1.97. The van der Waals surface area contributed by atoms with Crippen molar-refractivity contribution in [1.82, 2.24) is 0 Å². The molecule has 0 aliphatic rings. The Bertz CT molecular complexity index is 611. The molecule has 0 aliphatic carbocycles. The summed E-state index contributed by atoms with van der Waals surface area (Å²) in [6.45, 7) is 0.945. The highest BCUT2D eigenvalue weighted by atomic mass is 19.4. The SMILES string of the molecule is CCOC(=O)CCC(=O)OC(F)(F)C(F)(F)C(F)(F)C(F)(F)C(F)(F)C(F)(F)F. The zero-order valence-corrected chi connectivity index (χ0v) is 13.7. The van der Waals surface area contributed by atoms with E-state index in [9.17, 15) is 66.7 Å². The molecule has 0 bridgehead atoms. The lowest BCUT2D eigenvalue weighted by atomic mass is 9.97. The zero-order chi connectivity index (χ0) is 23.7. The van der Waals surface area contributed by atoms with Crippen molar-refractivity contribution in [3.8, 4) is 0 Å². The van der Waals surface area contributed by atoms with Crippen molar-refractivity contribution < 1.29 is 76.1 Å². The van der Waals surface area contributed by atoms with Crippen LogP contribution in [0.2, 0.25) is 0 Å². The highest BCUT2D eigenvalue weighted by molar-refractivity contribution is 5.77. The zero-order valence-electron chi connectivity index (χ0n) is 13.7. The second-order valence-corrected chi connectivity index (χ2v) is 5.09. The van der Waals surface area contributed by atoms with E-state index in [2.05, 4.69) is 9.47 Å². The third-order valence-corrected chi connectivity index (χ3v) is 2.99. The smallest absolute Gasteiger partial charge is 0.466 e. The number of hydrogen-bond donors (Lipinski definition) is 0. The van der Waals surface area contributed by atoms with E-state index in [1.54, 1.807) is 0 Å². The Morgan fingerprint density at radius 1 is 0.621 bits per heavy atom. The first-order valence-electron chi connectivity index (χ1n) is 6.93. The Kier molecular flexibility index (Phi) is 7.50. The molecule has 172 valence electrons. The molecule has 29 heavy (non-hydrogen) atoms. The Balaban J connectivity index is 5.76. The van der Waals surface area contributed by atoms with Gasteiger partial charge >= 0.3 is 47.9 Å². The molecule has 0 aromatic rings. The first-order chi connectivity index (χ1) is 12.6. The second kappa shape index (κ2) is 8.04. The fourth-order valence-corrected chi connectivity index (χ4v) is 1.45. The van der Waals surface area contributed by atoms with Crippen LogP contribution >= 0.6 is 0 Å². The Morgan fingerprint density at radius 3 is 1.38 bits per heavy atom. The van der Waals surface area contributed by atoms with Crippen LogP contribution in [0, 0.1) is 0 Å². The summed E-state index contributed by atoms with van der Waals surface area (Å²) >= 11 is 0. The molecular formula is C12H9F13O4. The lowest BCUT2D eigenvalue weighted by Gasteiger charge is -2.38. The quantitative estimate of drug-likeness (QED) is 0.371. The number of esters is 2. The maximum Gasteiger partial charge on any atom is 0.473 e. The van der Waals surface area contributed by atoms with E-state index in [0.717, 1.165) is 0 Å². The van der Waals surface area contributed by atoms with Crippen LogP contribution < -0.4 is 0 Å². The molecule has 0 N–H and O–H groups in total. The van der Waals surface area contributed by atoms with Crippen LogP contribution in [-0.4, -0.2) is 54.5 Å². The molecule has 0 saturated carbocycles. The molecule has 17 heteroatoms. The van der Waals surface area contributed by atoms with E-state index in [-0.39, 0.29) is 6.61 Å². The predicted octanol–water partition coefficient (Wildman–Crippen LogP) is 4.57. The summed E-state index contributed by atoms with van der Waals surface area (Å²) < 4.78 is 172. The molecule has 4 nitrogen and oxygen atoms in total. The van der Waals surface area contributed by atoms with E-state index in [4.69, 9.17) is 0 Å². The van der Waals surface area contributed by atoms with Gasteiger partial charge in [-0.2, -0.15) is 57.1 Å². The molecule has 0 atom stereocenters. The summed E-state index contributed by atoms with van der Waals surface area (Å²) in [6, 6.07) is 0. The van der Waals surface area contributed by atoms with Gasteiger partial charge in [-0.05, 0) is 6.92 Å². The first kappa shape index (κ1) is 27.0. The Morgan fingerprint density at radius 2 is 1.00 bits per heavy atom. The minimum atomic E-state index is -8.09. The van der Waals surface area contributed by atoms with Gasteiger partial charge in [0.05, 0.1) is 19.4 Å². The highest BCUT2D eigenvalue weighted by Crippen LogP contribution is 2.60. The highest BCUT2D eigenvalue weighted by Gasteiger charge is 2.91. The van der Waals surface area contributed by atoms with Crippen molar-refractivity contribution >= 4 is 11.9 Å². The lowest BCUT2D eigenvalue weighted by molar-refractivity contribution is -0.460. The minimum Gasteiger partial charge on any atom is -0.466 e. The summed E-state index contributed by atoms with van der Waals surface area (Å²) in [4.78, 5) is 21.8. The van der Waals surface area contributed by atoms with Crippen LogP contribution in [0.25, 0.3) is 0 Å². The molecular weight excluding hydrogens is 455 g/mol. The van der Waals surface area contributed by atoms with Crippen molar-refractivity contribution in [3.63, 3.8) is 0 Å². The summed E-state index contributed by atoms with van der Waals surface area (Å²) in [6.07, 6.45) is -17.2. The van der Waals surface area contributed by atoms with Crippen molar-refractivity contribution in [3.05, 3.63) is 0 Å². The molecule has 0 aromatic carbocycles. The summed E-state index contributed by atoms with van der Waals surface area (Å²) in [5.41, 5.74) is 0. The average Bonchev–Trinajstić information content (AvgIpc) is 2.51. The molecule has 0 spiro atoms. The van der Waals surface area contributed by atoms with E-state index in [1.165, 1.54) is 6.92 Å². The number of alkyl halides is 13. The van der Waals surface area contributed by atoms with Gasteiger partial charge in [-0.25, -0.2) is 0 Å². The molecule has 0 saturated heterocycles. The van der Waals surface area contributed by atoms with Gasteiger partial charge < -0.3 is 9.47 Å². The molecule has 0 fully saturated rings. The minimum absolute atomic E-state index is 0.295. The fraction of sp³-hybridized carbons (Fsp3) is 0.833. The van der Waals surface area contributed by atoms with E-state index in [0.29, 0.717) is 0 Å². The fourth-order valence-electron chi connectivity index (χ4n) is 1.45. The van der Waals surface area contributed by atoms with Crippen LogP contribution in [0.4, 0.5) is 57.1 Å². The second-order valence-electron chi connectivity index (χ2n) is 5.09. The number of rotatable bonds is 9. The molecule has 0 amide bonds. The number of ether oxygens (including phenoxy) is 2. The molecule has 0 aromatic heterocycles. The molecule has 0 aliphatic heterocycles. The standard InChI is InChI=1S/C12H9F13O4/c1-2-28-5(26)3-4-6(27)29-12(24,25)10(19,20)8(15,16)7(13,14)9(17,18)11(21,22)23/h2-4H2,1H3. The van der Waals surface area contributed by atoms with Gasteiger partial charge in [-0.3, -0.25) is 9.59 Å². The van der Waals surface area contributed by atoms with Gasteiger partial charge in [-0.15, -0.1) is 0 Å². The maximum atomic E-state index is 13.2. The number of hydrogen-bond acceptors (Lipinski definition) is 4. The van der Waals surface area contributed by atoms with Gasteiger partial charge in [0, 0.05) is 0 Å². The van der Waals surface area contributed by atoms with Crippen molar-refractivity contribution in [1.29, 1.82) is 0 Å². The number of carbonyl (C=O) groups is 2. The number of carbonyl (C=O) groups excluding carboxylic acids is 2. The Labute approximate surface area is 151 Å². The van der Waals surface area contributed by atoms with Crippen LogP contribution in [0.3, 0.4) is 0 Å². The van der Waals surface area contributed by atoms with Gasteiger partial charge in [0.2, 0.25) is 0 Å². The normalized spacial score (nSPS) is 14.6. The number of halogens is 13. The third kappa shape index (κ3) is 4.79. The van der Waals surface area contributed by atoms with Crippen molar-refractivity contribution in [2.45, 2.75) is 55.7 Å². The van der Waals surface area contributed by atoms with Crippen LogP contribution in [-0.2, 0) is 19.1 Å². The molecule has 0 heterocycles. The largest absolute Gasteiger partial charge is 0.473 e. The van der Waals surface area contributed by atoms with E-state index < -0.39 is 60.8 Å². The third-order valence-electron chi connectivity index (χ3n) is 2.99. The maximum absolute atomic E-state index is 13.2. The van der Waals surface area contributed by atoms with Crippen LogP contribution in [0.5, 0.6) is 0 Å². The van der Waals surface area contributed by atoms with Gasteiger partial charge in [0.25, 0.3) is 0 Å². The van der Waals surface area contributed by atoms with Crippen LogP contribution in [0.15, 0.2) is 0 Å². The summed E-state index contributed by atoms with van der Waals surface area (Å²) in [5.74, 6) is -35.6. The van der Waals surface area contributed by atoms with Crippen molar-refractivity contribution in [2.24, 2.45) is 0 Å². The van der Waals surface area contributed by atoms with E-state index in [1.807, 2.05) is 0 Å². The monoisotopic (exact) mass is 464 g/mol. The summed E-state index contributed by atoms with van der Waals surface area (Å²) in [7, 11) is 0. The molecule has 0 radical (unpaired) electrons. The van der Waals surface area contributed by atoms with Crippen LogP contribution in [0.1, 0.15) is 19.8 Å².